The molecule has 20 heteroatoms. The molecule has 3 saturated heterocycles. The number of hydrogen-bond acceptors (Lipinski definition) is 10. The van der Waals surface area contributed by atoms with Crippen molar-refractivity contribution in [1.29, 1.82) is 0 Å². The van der Waals surface area contributed by atoms with E-state index in [9.17, 15) is 33.6 Å². The molecule has 310 valence electrons. The number of aromatic amines is 1. The Hall–Kier alpha value is -5.50. The van der Waals surface area contributed by atoms with Gasteiger partial charge in [0.05, 0.1) is 25.0 Å². The van der Waals surface area contributed by atoms with Gasteiger partial charge in [-0.25, -0.2) is 9.78 Å². The Bertz CT molecular complexity index is 1850. The van der Waals surface area contributed by atoms with Crippen LogP contribution in [-0.2, 0) is 41.7 Å². The number of imidazole rings is 1. The van der Waals surface area contributed by atoms with E-state index in [2.05, 4.69) is 41.9 Å². The van der Waals surface area contributed by atoms with E-state index in [4.69, 9.17) is 12.2 Å². The summed E-state index contributed by atoms with van der Waals surface area (Å²) in [6, 6.07) is 7.04. The summed E-state index contributed by atoms with van der Waals surface area (Å²) in [6.07, 6.45) is 9.31. The SMILES string of the molecule is O=C(CCCN1C(=O)C=CC1=O)NCC(=O)N1CCN(C(=O)[C@H](Cc2cnc[nH]2)NC(=S)Nc2ccc(CNC(=O)CCCC[C@@H]3SC[C@@H]4NC(=O)N[C@@H]43)cc2)CC1. The quantitative estimate of drug-likeness (QED) is 0.0461. The van der Waals surface area contributed by atoms with E-state index >= 15 is 0 Å². The van der Waals surface area contributed by atoms with Gasteiger partial charge in [-0.3, -0.25) is 33.7 Å². The maximum atomic E-state index is 13.8. The fourth-order valence-corrected chi connectivity index (χ4v) is 9.03. The Balaban J connectivity index is 0.884. The van der Waals surface area contributed by atoms with E-state index in [0.717, 1.165) is 41.2 Å². The highest BCUT2D eigenvalue weighted by Gasteiger charge is 2.42. The predicted molar refractivity (Wildman–Crippen MR) is 219 cm³/mol. The third-order valence-electron chi connectivity index (χ3n) is 10.4. The van der Waals surface area contributed by atoms with Crippen molar-refractivity contribution < 1.29 is 33.6 Å². The van der Waals surface area contributed by atoms with E-state index in [0.29, 0.717) is 50.1 Å². The maximum Gasteiger partial charge on any atom is 0.315 e. The standard InChI is InChI=1S/C38H49N11O7S2/c50-30(5-2-1-4-29-35-28(22-58-29)44-37(56)46-35)40-19-24-7-9-25(10-8-24)43-38(57)45-27(18-26-20-39-23-42-26)36(55)48-16-14-47(15-17-48)34(54)21-41-31(51)6-3-13-49-32(52)11-12-33(49)53/h7-12,20,23,27-29,35H,1-6,13-19,21-22H2,(H,39,42)(H,40,50)(H,41,51)(H2,43,45,57)(H2,44,46,56)/t27-,28-,29-,35-/m0/s1. The van der Waals surface area contributed by atoms with E-state index in [1.165, 1.54) is 18.5 Å². The fraction of sp³-hybridized carbons (Fsp3) is 0.500. The minimum atomic E-state index is -0.729. The lowest BCUT2D eigenvalue weighted by molar-refractivity contribution is -0.140. The number of imide groups is 1. The molecule has 4 aliphatic heterocycles. The van der Waals surface area contributed by atoms with Crippen molar-refractivity contribution in [2.45, 2.75) is 74.9 Å². The summed E-state index contributed by atoms with van der Waals surface area (Å²) in [6.45, 7) is 1.49. The zero-order valence-corrected chi connectivity index (χ0v) is 33.6. The van der Waals surface area contributed by atoms with Gasteiger partial charge in [0.25, 0.3) is 11.8 Å². The van der Waals surface area contributed by atoms with Gasteiger partial charge < -0.3 is 46.7 Å². The molecule has 2 aromatic rings. The number of nitrogens with zero attached hydrogens (tertiary/aromatic N) is 4. The summed E-state index contributed by atoms with van der Waals surface area (Å²) in [5.41, 5.74) is 2.36. The number of amides is 8. The second-order valence-electron chi connectivity index (χ2n) is 14.5. The molecule has 0 aliphatic carbocycles. The normalized spacial score (nSPS) is 20.3. The van der Waals surface area contributed by atoms with Gasteiger partial charge in [0.15, 0.2) is 5.11 Å². The second-order valence-corrected chi connectivity index (χ2v) is 16.2. The topological polar surface area (TPSA) is 230 Å². The molecule has 4 atom stereocenters. The number of carbonyl (C=O) groups excluding carboxylic acids is 7. The van der Waals surface area contributed by atoms with Crippen LogP contribution < -0.4 is 31.9 Å². The summed E-state index contributed by atoms with van der Waals surface area (Å²) in [4.78, 5) is 97.8. The maximum absolute atomic E-state index is 13.8. The molecular weight excluding hydrogens is 787 g/mol. The molecule has 0 saturated carbocycles. The molecule has 0 unspecified atom stereocenters. The molecule has 0 radical (unpaired) electrons. The zero-order valence-electron chi connectivity index (χ0n) is 32.0. The third kappa shape index (κ3) is 11.8. The van der Waals surface area contributed by atoms with Crippen molar-refractivity contribution in [2.24, 2.45) is 0 Å². The first-order valence-corrected chi connectivity index (χ1v) is 20.9. The number of H-pyrrole nitrogens is 1. The van der Waals surface area contributed by atoms with E-state index < -0.39 is 17.9 Å². The molecule has 7 N–H and O–H groups in total. The van der Waals surface area contributed by atoms with Crippen molar-refractivity contribution in [1.82, 2.24) is 51.3 Å². The predicted octanol–water partition coefficient (Wildman–Crippen LogP) is 0.142. The number of rotatable bonds is 18. The number of urea groups is 1. The second kappa shape index (κ2) is 20.3. The number of thiocarbonyl (C=S) groups is 1. The van der Waals surface area contributed by atoms with Crippen LogP contribution in [0.5, 0.6) is 0 Å². The van der Waals surface area contributed by atoms with Gasteiger partial charge in [0.1, 0.15) is 6.04 Å². The van der Waals surface area contributed by atoms with Crippen LogP contribution >= 0.6 is 24.0 Å². The number of fused-ring (bicyclic) bond motifs is 1. The zero-order chi connectivity index (χ0) is 41.0. The molecule has 3 fully saturated rings. The third-order valence-corrected chi connectivity index (χ3v) is 12.2. The number of piperazine rings is 1. The summed E-state index contributed by atoms with van der Waals surface area (Å²) in [7, 11) is 0. The van der Waals surface area contributed by atoms with Crippen LogP contribution in [0, 0.1) is 0 Å². The van der Waals surface area contributed by atoms with Crippen molar-refractivity contribution in [3.05, 3.63) is 60.2 Å². The number of benzene rings is 1. The number of carbonyl (C=O) groups is 7. The molecular formula is C38H49N11O7S2. The number of unbranched alkanes of at least 4 members (excludes halogenated alkanes) is 1. The fourth-order valence-electron chi connectivity index (χ4n) is 7.23. The smallest absolute Gasteiger partial charge is 0.315 e. The molecule has 0 spiro atoms. The van der Waals surface area contributed by atoms with Gasteiger partial charge in [-0.1, -0.05) is 18.6 Å². The van der Waals surface area contributed by atoms with Gasteiger partial charge in [0.2, 0.25) is 23.6 Å². The summed E-state index contributed by atoms with van der Waals surface area (Å²) < 4.78 is 0. The van der Waals surface area contributed by atoms with Gasteiger partial charge in [-0.05, 0) is 49.2 Å². The highest BCUT2D eigenvalue weighted by molar-refractivity contribution is 8.00. The molecule has 1 aromatic heterocycles. The van der Waals surface area contributed by atoms with Crippen LogP contribution in [-0.4, -0.2) is 140 Å². The molecule has 6 rings (SSSR count). The molecule has 5 heterocycles. The molecule has 1 aromatic carbocycles. The Kier molecular flexibility index (Phi) is 14.7. The summed E-state index contributed by atoms with van der Waals surface area (Å²) in [5.74, 6) is -0.719. The monoisotopic (exact) mass is 835 g/mol. The molecule has 18 nitrogen and oxygen atoms in total. The van der Waals surface area contributed by atoms with Crippen molar-refractivity contribution in [3.63, 3.8) is 0 Å². The molecule has 58 heavy (non-hydrogen) atoms. The molecule has 4 aliphatic rings. The number of anilines is 1. The average Bonchev–Trinajstić information content (AvgIpc) is 4.02. The first-order chi connectivity index (χ1) is 28.0. The average molecular weight is 836 g/mol. The van der Waals surface area contributed by atoms with Gasteiger partial charge in [-0.2, -0.15) is 11.8 Å². The van der Waals surface area contributed by atoms with Gasteiger partial charge in [0, 0.05) is 99.3 Å². The Morgan fingerprint density at radius 2 is 1.60 bits per heavy atom. The lowest BCUT2D eigenvalue weighted by Gasteiger charge is -2.36. The number of aromatic nitrogens is 2. The largest absolute Gasteiger partial charge is 0.352 e. The Labute approximate surface area is 345 Å². The number of nitrogens with one attached hydrogen (secondary N) is 7. The first-order valence-electron chi connectivity index (χ1n) is 19.5. The minimum absolute atomic E-state index is 0.00967. The minimum Gasteiger partial charge on any atom is -0.352 e. The molecule has 8 amide bonds. The molecule has 0 bridgehead atoms. The van der Waals surface area contributed by atoms with E-state index in [1.54, 1.807) is 16.0 Å². The van der Waals surface area contributed by atoms with Crippen molar-refractivity contribution in [3.8, 4) is 0 Å². The van der Waals surface area contributed by atoms with Crippen molar-refractivity contribution >= 4 is 76.3 Å². The van der Waals surface area contributed by atoms with E-state index in [-0.39, 0.29) is 79.2 Å². The Morgan fingerprint density at radius 3 is 2.33 bits per heavy atom. The summed E-state index contributed by atoms with van der Waals surface area (Å²) >= 11 is 7.48. The highest BCUT2D eigenvalue weighted by Crippen LogP contribution is 2.33. The first kappa shape index (κ1) is 42.1. The van der Waals surface area contributed by atoms with Crippen LogP contribution in [0.2, 0.25) is 0 Å². The lowest BCUT2D eigenvalue weighted by atomic mass is 10.0. The van der Waals surface area contributed by atoms with Gasteiger partial charge in [-0.15, -0.1) is 0 Å². The van der Waals surface area contributed by atoms with Gasteiger partial charge >= 0.3 is 6.03 Å². The number of hydrogen-bond donors (Lipinski definition) is 7. The van der Waals surface area contributed by atoms with Crippen LogP contribution in [0.25, 0.3) is 0 Å². The van der Waals surface area contributed by atoms with Crippen LogP contribution in [0.3, 0.4) is 0 Å². The number of thioether (sulfide) groups is 1. The lowest BCUT2D eigenvalue weighted by Crippen LogP contribution is -2.57. The summed E-state index contributed by atoms with van der Waals surface area (Å²) in [5, 5.41) is 18.4. The van der Waals surface area contributed by atoms with Crippen LogP contribution in [0.4, 0.5) is 10.5 Å². The van der Waals surface area contributed by atoms with Crippen LogP contribution in [0.1, 0.15) is 49.8 Å². The Morgan fingerprint density at radius 1 is 0.897 bits per heavy atom. The van der Waals surface area contributed by atoms with Crippen LogP contribution in [0.15, 0.2) is 48.9 Å². The van der Waals surface area contributed by atoms with Crippen molar-refractivity contribution in [2.75, 3.05) is 50.3 Å². The van der Waals surface area contributed by atoms with E-state index in [1.807, 2.05) is 36.0 Å². The highest BCUT2D eigenvalue weighted by atomic mass is 32.2.